The summed E-state index contributed by atoms with van der Waals surface area (Å²) in [6.45, 7) is 13.2. The molecule has 30 heavy (non-hydrogen) atoms. The van der Waals surface area contributed by atoms with Gasteiger partial charge in [0, 0.05) is 16.8 Å². The topological polar surface area (TPSA) is 31.4 Å². The van der Waals surface area contributed by atoms with E-state index in [0.717, 1.165) is 46.9 Å². The van der Waals surface area contributed by atoms with Gasteiger partial charge < -0.3 is 9.47 Å². The lowest BCUT2D eigenvalue weighted by Gasteiger charge is -2.20. The van der Waals surface area contributed by atoms with Crippen LogP contribution in [0.15, 0.2) is 36.4 Å². The van der Waals surface area contributed by atoms with Gasteiger partial charge in [-0.3, -0.25) is 4.98 Å². The van der Waals surface area contributed by atoms with Crippen LogP contribution in [-0.4, -0.2) is 12.1 Å². The van der Waals surface area contributed by atoms with Crippen LogP contribution in [0.1, 0.15) is 52.9 Å². The first-order valence-corrected chi connectivity index (χ1v) is 10.8. The molecule has 1 heterocycles. The van der Waals surface area contributed by atoms with Crippen molar-refractivity contribution in [3.63, 3.8) is 0 Å². The molecule has 0 spiro atoms. The average Bonchev–Trinajstić information content (AvgIpc) is 2.75. The minimum atomic E-state index is 0.432. The van der Waals surface area contributed by atoms with Crippen LogP contribution in [0.5, 0.6) is 11.5 Å². The zero-order chi connectivity index (χ0) is 21.8. The van der Waals surface area contributed by atoms with E-state index in [9.17, 15) is 0 Å². The smallest absolute Gasteiger partial charge is 0.132 e. The molecule has 0 bridgehead atoms. The summed E-state index contributed by atoms with van der Waals surface area (Å²) in [4.78, 5) is 5.05. The first kappa shape index (κ1) is 21.9. The number of aromatic nitrogens is 1. The molecule has 0 aliphatic heterocycles. The van der Waals surface area contributed by atoms with Crippen LogP contribution in [0.2, 0.25) is 0 Å². The Kier molecular flexibility index (Phi) is 6.81. The SMILES string of the molecule is CCc1cccc(CC)c1-c1nc(C)c(COc2ccc(C)c(C)c2)c(OC)c1C. The molecule has 158 valence electrons. The molecule has 0 unspecified atom stereocenters. The highest BCUT2D eigenvalue weighted by Gasteiger charge is 2.20. The first-order valence-electron chi connectivity index (χ1n) is 10.8. The number of pyridine rings is 1. The van der Waals surface area contributed by atoms with Crippen molar-refractivity contribution in [2.45, 2.75) is 61.0 Å². The Morgan fingerprint density at radius 3 is 2.10 bits per heavy atom. The number of ether oxygens (including phenoxy) is 2. The lowest BCUT2D eigenvalue weighted by atomic mass is 9.91. The molecule has 0 aliphatic rings. The van der Waals surface area contributed by atoms with Crippen molar-refractivity contribution < 1.29 is 9.47 Å². The van der Waals surface area contributed by atoms with E-state index >= 15 is 0 Å². The zero-order valence-corrected chi connectivity index (χ0v) is 19.3. The van der Waals surface area contributed by atoms with E-state index in [2.05, 4.69) is 65.0 Å². The third-order valence-electron chi connectivity index (χ3n) is 5.99. The van der Waals surface area contributed by atoms with Gasteiger partial charge in [-0.25, -0.2) is 0 Å². The van der Waals surface area contributed by atoms with E-state index in [0.29, 0.717) is 6.61 Å². The van der Waals surface area contributed by atoms with E-state index in [-0.39, 0.29) is 0 Å². The largest absolute Gasteiger partial charge is 0.496 e. The molecule has 0 atom stereocenters. The molecular weight excluding hydrogens is 370 g/mol. The molecule has 2 aromatic carbocycles. The summed E-state index contributed by atoms with van der Waals surface area (Å²) in [6.07, 6.45) is 1.95. The number of aryl methyl sites for hydroxylation is 5. The predicted molar refractivity (Wildman–Crippen MR) is 125 cm³/mol. The number of hydrogen-bond acceptors (Lipinski definition) is 3. The number of methoxy groups -OCH3 is 1. The van der Waals surface area contributed by atoms with Gasteiger partial charge in [0.1, 0.15) is 18.1 Å². The van der Waals surface area contributed by atoms with E-state index in [1.165, 1.54) is 27.8 Å². The number of rotatable bonds is 7. The molecule has 3 heteroatoms. The fourth-order valence-electron chi connectivity index (χ4n) is 4.01. The molecule has 0 N–H and O–H groups in total. The molecule has 0 amide bonds. The van der Waals surface area contributed by atoms with Gasteiger partial charge >= 0.3 is 0 Å². The fourth-order valence-corrected chi connectivity index (χ4v) is 4.01. The van der Waals surface area contributed by atoms with Crippen molar-refractivity contribution in [2.75, 3.05) is 7.11 Å². The second-order valence-corrected chi connectivity index (χ2v) is 7.88. The summed E-state index contributed by atoms with van der Waals surface area (Å²) in [5, 5.41) is 0. The van der Waals surface area contributed by atoms with Gasteiger partial charge in [0.15, 0.2) is 0 Å². The summed E-state index contributed by atoms with van der Waals surface area (Å²) in [6, 6.07) is 12.7. The van der Waals surface area contributed by atoms with Crippen molar-refractivity contribution in [3.8, 4) is 22.8 Å². The molecule has 0 saturated carbocycles. The molecule has 3 rings (SSSR count). The van der Waals surface area contributed by atoms with Crippen LogP contribution in [0, 0.1) is 27.7 Å². The van der Waals surface area contributed by atoms with Gasteiger partial charge in [0.05, 0.1) is 18.4 Å². The molecular formula is C27H33NO2. The molecule has 0 radical (unpaired) electrons. The third-order valence-corrected chi connectivity index (χ3v) is 5.99. The quantitative estimate of drug-likeness (QED) is 0.440. The highest BCUT2D eigenvalue weighted by molar-refractivity contribution is 5.73. The van der Waals surface area contributed by atoms with Crippen LogP contribution < -0.4 is 9.47 Å². The molecule has 3 nitrogen and oxygen atoms in total. The van der Waals surface area contributed by atoms with Gasteiger partial charge in [-0.2, -0.15) is 0 Å². The van der Waals surface area contributed by atoms with Crippen molar-refractivity contribution in [1.29, 1.82) is 0 Å². The monoisotopic (exact) mass is 403 g/mol. The lowest BCUT2D eigenvalue weighted by Crippen LogP contribution is -2.08. The predicted octanol–water partition coefficient (Wildman–Crippen LogP) is 6.69. The minimum absolute atomic E-state index is 0.432. The summed E-state index contributed by atoms with van der Waals surface area (Å²) in [5.41, 5.74) is 10.4. The zero-order valence-electron chi connectivity index (χ0n) is 19.3. The summed E-state index contributed by atoms with van der Waals surface area (Å²) < 4.78 is 12.0. The first-order chi connectivity index (χ1) is 14.4. The number of hydrogen-bond donors (Lipinski definition) is 0. The second-order valence-electron chi connectivity index (χ2n) is 7.88. The Labute approximate surface area is 181 Å². The Balaban J connectivity index is 2.05. The summed E-state index contributed by atoms with van der Waals surface area (Å²) in [5.74, 6) is 1.74. The maximum atomic E-state index is 6.12. The number of benzene rings is 2. The second kappa shape index (κ2) is 9.34. The summed E-state index contributed by atoms with van der Waals surface area (Å²) in [7, 11) is 1.73. The molecule has 0 saturated heterocycles. The van der Waals surface area contributed by atoms with Crippen molar-refractivity contribution >= 4 is 0 Å². The molecule has 1 aromatic heterocycles. The van der Waals surface area contributed by atoms with Gasteiger partial charge in [-0.15, -0.1) is 0 Å². The Morgan fingerprint density at radius 2 is 1.53 bits per heavy atom. The van der Waals surface area contributed by atoms with Crippen LogP contribution in [0.3, 0.4) is 0 Å². The molecule has 0 fully saturated rings. The average molecular weight is 404 g/mol. The highest BCUT2D eigenvalue weighted by Crippen LogP contribution is 2.37. The van der Waals surface area contributed by atoms with Crippen LogP contribution in [0.25, 0.3) is 11.3 Å². The maximum Gasteiger partial charge on any atom is 0.132 e. The van der Waals surface area contributed by atoms with E-state index in [1.54, 1.807) is 7.11 Å². The van der Waals surface area contributed by atoms with Crippen LogP contribution in [-0.2, 0) is 19.4 Å². The van der Waals surface area contributed by atoms with Crippen molar-refractivity contribution in [3.05, 3.63) is 75.5 Å². The van der Waals surface area contributed by atoms with E-state index in [1.807, 2.05) is 13.0 Å². The standard InChI is InChI=1S/C27H33NO2/c1-8-21-11-10-12-22(9-2)25(21)26-19(5)27(29-7)24(20(6)28-26)16-30-23-14-13-17(3)18(4)15-23/h10-15H,8-9,16H2,1-7H3. The van der Waals surface area contributed by atoms with E-state index < -0.39 is 0 Å². The minimum Gasteiger partial charge on any atom is -0.496 e. The van der Waals surface area contributed by atoms with Gasteiger partial charge in [-0.1, -0.05) is 38.1 Å². The maximum absolute atomic E-state index is 6.12. The van der Waals surface area contributed by atoms with Crippen LogP contribution >= 0.6 is 0 Å². The Hall–Kier alpha value is -2.81. The Morgan fingerprint density at radius 1 is 0.867 bits per heavy atom. The van der Waals surface area contributed by atoms with Gasteiger partial charge in [-0.05, 0) is 74.9 Å². The molecule has 3 aromatic rings. The molecule has 0 aliphatic carbocycles. The summed E-state index contributed by atoms with van der Waals surface area (Å²) >= 11 is 0. The van der Waals surface area contributed by atoms with Crippen molar-refractivity contribution in [2.24, 2.45) is 0 Å². The van der Waals surface area contributed by atoms with Gasteiger partial charge in [0.25, 0.3) is 0 Å². The lowest BCUT2D eigenvalue weighted by molar-refractivity contribution is 0.294. The normalized spacial score (nSPS) is 10.9. The van der Waals surface area contributed by atoms with Crippen molar-refractivity contribution in [1.82, 2.24) is 4.98 Å². The fraction of sp³-hybridized carbons (Fsp3) is 0.370. The number of nitrogens with zero attached hydrogens (tertiary/aromatic N) is 1. The van der Waals surface area contributed by atoms with Crippen LogP contribution in [0.4, 0.5) is 0 Å². The van der Waals surface area contributed by atoms with E-state index in [4.69, 9.17) is 14.5 Å². The van der Waals surface area contributed by atoms with Gasteiger partial charge in [0.2, 0.25) is 0 Å². The third kappa shape index (κ3) is 4.21. The highest BCUT2D eigenvalue weighted by atomic mass is 16.5. The Bertz CT molecular complexity index is 1030.